The van der Waals surface area contributed by atoms with E-state index in [1.54, 1.807) is 0 Å². The first-order valence-electron chi connectivity index (χ1n) is 6.31. The summed E-state index contributed by atoms with van der Waals surface area (Å²) in [6.45, 7) is 2.86. The number of thiol groups is 1. The Morgan fingerprint density at radius 1 is 1.42 bits per heavy atom. The van der Waals surface area contributed by atoms with Crippen LogP contribution in [0.4, 0.5) is 0 Å². The molecule has 0 aliphatic rings. The van der Waals surface area contributed by atoms with E-state index >= 15 is 0 Å². The van der Waals surface area contributed by atoms with Crippen LogP contribution >= 0.6 is 24.2 Å². The number of methoxy groups -OCH3 is 1. The number of halogens is 1. The molecule has 0 bridgehead atoms. The molecule has 0 saturated carbocycles. The molecule has 1 aromatic carbocycles. The number of hydrogen-bond donors (Lipinski definition) is 2. The number of benzene rings is 1. The minimum absolute atomic E-state index is 0.286. The number of nitrogens with zero attached hydrogens (tertiary/aromatic N) is 1. The molecule has 19 heavy (non-hydrogen) atoms. The quantitative estimate of drug-likeness (QED) is 0.600. The van der Waals surface area contributed by atoms with Crippen LogP contribution in [0.15, 0.2) is 24.3 Å². The SMILES string of the molecule is COC(O)C(c1ccccc1Cl)N(C)CCC(C)S. The van der Waals surface area contributed by atoms with E-state index in [0.29, 0.717) is 10.3 Å². The summed E-state index contributed by atoms with van der Waals surface area (Å²) in [7, 11) is 3.44. The molecule has 0 aliphatic heterocycles. The van der Waals surface area contributed by atoms with Gasteiger partial charge in [0.2, 0.25) is 0 Å². The van der Waals surface area contributed by atoms with E-state index < -0.39 is 6.29 Å². The van der Waals surface area contributed by atoms with Gasteiger partial charge in [-0.3, -0.25) is 4.90 Å². The van der Waals surface area contributed by atoms with Crippen molar-refractivity contribution in [3.8, 4) is 0 Å². The highest BCUT2D eigenvalue weighted by Crippen LogP contribution is 2.30. The third-order valence-corrected chi connectivity index (χ3v) is 3.71. The third kappa shape index (κ3) is 4.97. The van der Waals surface area contributed by atoms with Gasteiger partial charge >= 0.3 is 0 Å². The van der Waals surface area contributed by atoms with Crippen LogP contribution in [0.2, 0.25) is 5.02 Å². The summed E-state index contributed by atoms with van der Waals surface area (Å²) in [6, 6.07) is 7.23. The zero-order valence-electron chi connectivity index (χ0n) is 11.6. The Labute approximate surface area is 125 Å². The number of ether oxygens (including phenoxy) is 1. The fraction of sp³-hybridized carbons (Fsp3) is 0.571. The predicted octanol–water partition coefficient (Wildman–Crippen LogP) is 2.99. The lowest BCUT2D eigenvalue weighted by atomic mass is 10.0. The van der Waals surface area contributed by atoms with Crippen LogP contribution in [0, 0.1) is 0 Å². The van der Waals surface area contributed by atoms with Crippen LogP contribution in [0.25, 0.3) is 0 Å². The standard InChI is InChI=1S/C14H22ClNO2S/c1-10(19)8-9-16(2)13(14(17)18-3)11-6-4-5-7-12(11)15/h4-7,10,13-14,17,19H,8-9H2,1-3H3. The summed E-state index contributed by atoms with van der Waals surface area (Å²) in [5, 5.41) is 11.0. The van der Waals surface area contributed by atoms with Crippen molar-refractivity contribution < 1.29 is 9.84 Å². The Morgan fingerprint density at radius 2 is 2.05 bits per heavy atom. The van der Waals surface area contributed by atoms with E-state index in [1.807, 2.05) is 43.1 Å². The minimum atomic E-state index is -0.917. The average molecular weight is 304 g/mol. The van der Waals surface area contributed by atoms with Gasteiger partial charge in [0.15, 0.2) is 6.29 Å². The summed E-state index contributed by atoms with van der Waals surface area (Å²) in [4.78, 5) is 2.04. The van der Waals surface area contributed by atoms with Crippen LogP contribution in [0.1, 0.15) is 24.9 Å². The Bertz CT molecular complexity index is 389. The molecule has 0 fully saturated rings. The lowest BCUT2D eigenvalue weighted by Crippen LogP contribution is -2.36. The van der Waals surface area contributed by atoms with Crippen LogP contribution in [-0.2, 0) is 4.74 Å². The number of aliphatic hydroxyl groups is 1. The normalized spacial score (nSPS) is 16.4. The van der Waals surface area contributed by atoms with Gasteiger partial charge in [0, 0.05) is 17.4 Å². The Morgan fingerprint density at radius 3 is 2.58 bits per heavy atom. The lowest BCUT2D eigenvalue weighted by Gasteiger charge is -2.32. The van der Waals surface area contributed by atoms with Gasteiger partial charge in [0.05, 0.1) is 6.04 Å². The maximum atomic E-state index is 10.1. The van der Waals surface area contributed by atoms with E-state index in [4.69, 9.17) is 16.3 Å². The summed E-state index contributed by atoms with van der Waals surface area (Å²) in [6.07, 6.45) is 0.0110. The maximum absolute atomic E-state index is 10.1. The van der Waals surface area contributed by atoms with Crippen LogP contribution in [0.3, 0.4) is 0 Å². The van der Waals surface area contributed by atoms with Crippen LogP contribution in [-0.4, -0.2) is 42.2 Å². The van der Waals surface area contributed by atoms with Crippen molar-refractivity contribution in [2.24, 2.45) is 0 Å². The zero-order chi connectivity index (χ0) is 14.4. The second kappa shape index (κ2) is 8.12. The first-order chi connectivity index (χ1) is 8.97. The van der Waals surface area contributed by atoms with Crippen LogP contribution in [0.5, 0.6) is 0 Å². The molecule has 3 atom stereocenters. The fourth-order valence-corrected chi connectivity index (χ4v) is 2.35. The predicted molar refractivity (Wildman–Crippen MR) is 82.9 cm³/mol. The molecular formula is C14H22ClNO2S. The molecule has 0 aromatic heterocycles. The molecule has 3 unspecified atom stereocenters. The largest absolute Gasteiger partial charge is 0.366 e. The summed E-state index contributed by atoms with van der Waals surface area (Å²) in [5.41, 5.74) is 0.868. The Balaban J connectivity index is 2.92. The second-order valence-electron chi connectivity index (χ2n) is 4.71. The minimum Gasteiger partial charge on any atom is -0.366 e. The molecule has 0 radical (unpaired) electrons. The molecule has 1 N–H and O–H groups in total. The molecule has 0 heterocycles. The first-order valence-corrected chi connectivity index (χ1v) is 7.20. The van der Waals surface area contributed by atoms with E-state index in [-0.39, 0.29) is 6.04 Å². The van der Waals surface area contributed by atoms with E-state index in [0.717, 1.165) is 18.5 Å². The van der Waals surface area contributed by atoms with E-state index in [9.17, 15) is 5.11 Å². The Hall–Kier alpha value is -0.260. The smallest absolute Gasteiger partial charge is 0.174 e. The number of likely N-dealkylation sites (N-methyl/N-ethyl adjacent to an activating group) is 1. The number of rotatable bonds is 7. The van der Waals surface area contributed by atoms with Crippen molar-refractivity contribution in [1.29, 1.82) is 0 Å². The molecule has 3 nitrogen and oxygen atoms in total. The van der Waals surface area contributed by atoms with Gasteiger partial charge in [-0.05, 0) is 31.6 Å². The van der Waals surface area contributed by atoms with Crippen molar-refractivity contribution in [3.05, 3.63) is 34.9 Å². The summed E-state index contributed by atoms with van der Waals surface area (Å²) >= 11 is 10.6. The Kier molecular flexibility index (Phi) is 7.18. The molecule has 0 spiro atoms. The maximum Gasteiger partial charge on any atom is 0.174 e. The monoisotopic (exact) mass is 303 g/mol. The molecule has 0 amide bonds. The number of aliphatic hydroxyl groups excluding tert-OH is 1. The van der Waals surface area contributed by atoms with Crippen molar-refractivity contribution in [2.75, 3.05) is 20.7 Å². The van der Waals surface area contributed by atoms with Crippen LogP contribution < -0.4 is 0 Å². The lowest BCUT2D eigenvalue weighted by molar-refractivity contribution is -0.123. The highest BCUT2D eigenvalue weighted by molar-refractivity contribution is 7.80. The molecule has 108 valence electrons. The van der Waals surface area contributed by atoms with Gasteiger partial charge in [0.1, 0.15) is 0 Å². The molecule has 0 saturated heterocycles. The molecule has 1 rings (SSSR count). The van der Waals surface area contributed by atoms with Gasteiger partial charge in [-0.15, -0.1) is 0 Å². The summed E-state index contributed by atoms with van der Waals surface area (Å²) < 4.78 is 5.09. The zero-order valence-corrected chi connectivity index (χ0v) is 13.2. The van der Waals surface area contributed by atoms with Gasteiger partial charge in [-0.2, -0.15) is 12.6 Å². The van der Waals surface area contributed by atoms with Crippen molar-refractivity contribution in [3.63, 3.8) is 0 Å². The topological polar surface area (TPSA) is 32.7 Å². The van der Waals surface area contributed by atoms with Gasteiger partial charge in [-0.1, -0.05) is 36.7 Å². The molecule has 5 heteroatoms. The second-order valence-corrected chi connectivity index (χ2v) is 6.00. The highest BCUT2D eigenvalue weighted by atomic mass is 35.5. The third-order valence-electron chi connectivity index (χ3n) is 3.11. The molecular weight excluding hydrogens is 282 g/mol. The average Bonchev–Trinajstić information content (AvgIpc) is 2.38. The van der Waals surface area contributed by atoms with Crippen molar-refractivity contribution >= 4 is 24.2 Å². The molecule has 0 aliphatic carbocycles. The van der Waals surface area contributed by atoms with E-state index in [1.165, 1.54) is 7.11 Å². The van der Waals surface area contributed by atoms with Gasteiger partial charge < -0.3 is 9.84 Å². The molecule has 1 aromatic rings. The fourth-order valence-electron chi connectivity index (χ4n) is 1.98. The van der Waals surface area contributed by atoms with Gasteiger partial charge in [-0.25, -0.2) is 0 Å². The first kappa shape index (κ1) is 16.8. The number of hydrogen-bond acceptors (Lipinski definition) is 4. The highest BCUT2D eigenvalue weighted by Gasteiger charge is 2.27. The summed E-state index contributed by atoms with van der Waals surface area (Å²) in [5.74, 6) is 0. The van der Waals surface area contributed by atoms with E-state index in [2.05, 4.69) is 12.6 Å². The van der Waals surface area contributed by atoms with Crippen molar-refractivity contribution in [2.45, 2.75) is 30.9 Å². The van der Waals surface area contributed by atoms with Crippen molar-refractivity contribution in [1.82, 2.24) is 4.90 Å². The van der Waals surface area contributed by atoms with Gasteiger partial charge in [0.25, 0.3) is 0 Å².